The number of halogens is 2. The fraction of sp³-hybridized carbons (Fsp3) is 0.238. The largest absolute Gasteiger partial charge is 0.368 e. The molecule has 0 aliphatic heterocycles. The number of carbonyl (C=O) groups excluding carboxylic acids is 1. The summed E-state index contributed by atoms with van der Waals surface area (Å²) in [5.74, 6) is 0.686. The first-order valence-electron chi connectivity index (χ1n) is 9.39. The number of nitrogens with one attached hydrogen (secondary N) is 3. The van der Waals surface area contributed by atoms with Crippen LogP contribution in [0, 0.1) is 25.5 Å². The predicted molar refractivity (Wildman–Crippen MR) is 111 cm³/mol. The van der Waals surface area contributed by atoms with E-state index in [4.69, 9.17) is 0 Å². The van der Waals surface area contributed by atoms with Gasteiger partial charge in [-0.15, -0.1) is 0 Å². The molecule has 0 radical (unpaired) electrons. The van der Waals surface area contributed by atoms with Crippen molar-refractivity contribution in [3.63, 3.8) is 0 Å². The zero-order chi connectivity index (χ0) is 21.5. The van der Waals surface area contributed by atoms with E-state index in [2.05, 4.69) is 30.9 Å². The second kappa shape index (κ2) is 9.73. The van der Waals surface area contributed by atoms with Gasteiger partial charge in [0.1, 0.15) is 34.9 Å². The lowest BCUT2D eigenvalue weighted by molar-refractivity contribution is -0.120. The van der Waals surface area contributed by atoms with Gasteiger partial charge in [0.25, 0.3) is 0 Å². The van der Waals surface area contributed by atoms with Gasteiger partial charge in [0.15, 0.2) is 0 Å². The molecule has 0 aliphatic carbocycles. The first kappa shape index (κ1) is 21.1. The summed E-state index contributed by atoms with van der Waals surface area (Å²) in [6.07, 6.45) is 1.56. The van der Waals surface area contributed by atoms with E-state index < -0.39 is 11.6 Å². The smallest absolute Gasteiger partial charge is 0.224 e. The van der Waals surface area contributed by atoms with Gasteiger partial charge in [-0.1, -0.05) is 6.07 Å². The summed E-state index contributed by atoms with van der Waals surface area (Å²) >= 11 is 0. The van der Waals surface area contributed by atoms with Crippen LogP contribution in [0.25, 0.3) is 0 Å². The van der Waals surface area contributed by atoms with Crippen molar-refractivity contribution in [2.24, 2.45) is 0 Å². The molecular weight excluding hydrogens is 390 g/mol. The van der Waals surface area contributed by atoms with Crippen molar-refractivity contribution >= 4 is 23.4 Å². The highest BCUT2D eigenvalue weighted by Crippen LogP contribution is 2.16. The van der Waals surface area contributed by atoms with Crippen LogP contribution < -0.4 is 16.0 Å². The lowest BCUT2D eigenvalue weighted by Crippen LogP contribution is -2.30. The molecule has 30 heavy (non-hydrogen) atoms. The van der Waals surface area contributed by atoms with Crippen LogP contribution in [0.1, 0.15) is 17.0 Å². The number of carbonyl (C=O) groups is 1. The van der Waals surface area contributed by atoms with Crippen molar-refractivity contribution in [1.82, 2.24) is 20.3 Å². The Morgan fingerprint density at radius 2 is 1.77 bits per heavy atom. The number of aromatic nitrogens is 3. The zero-order valence-corrected chi connectivity index (χ0v) is 16.7. The van der Waals surface area contributed by atoms with Gasteiger partial charge >= 0.3 is 0 Å². The Labute approximate surface area is 173 Å². The molecule has 9 heteroatoms. The molecule has 156 valence electrons. The van der Waals surface area contributed by atoms with Crippen molar-refractivity contribution in [2.45, 2.75) is 20.3 Å². The van der Waals surface area contributed by atoms with E-state index in [1.54, 1.807) is 19.2 Å². The Hall–Kier alpha value is -3.62. The maximum absolute atomic E-state index is 13.6. The van der Waals surface area contributed by atoms with Gasteiger partial charge in [0, 0.05) is 31.4 Å². The minimum Gasteiger partial charge on any atom is -0.368 e. The highest BCUT2D eigenvalue weighted by molar-refractivity contribution is 5.78. The molecule has 0 saturated heterocycles. The van der Waals surface area contributed by atoms with Gasteiger partial charge in [0.2, 0.25) is 5.91 Å². The van der Waals surface area contributed by atoms with Crippen molar-refractivity contribution in [1.29, 1.82) is 0 Å². The summed E-state index contributed by atoms with van der Waals surface area (Å²) in [4.78, 5) is 24.9. The summed E-state index contributed by atoms with van der Waals surface area (Å²) < 4.78 is 26.5. The molecule has 0 fully saturated rings. The summed E-state index contributed by atoms with van der Waals surface area (Å²) in [7, 11) is 0. The molecule has 7 nitrogen and oxygen atoms in total. The summed E-state index contributed by atoms with van der Waals surface area (Å²) in [5, 5.41) is 8.94. The Balaban J connectivity index is 1.49. The second-order valence-electron chi connectivity index (χ2n) is 6.72. The number of hydrogen-bond donors (Lipinski definition) is 3. The van der Waals surface area contributed by atoms with Gasteiger partial charge < -0.3 is 16.0 Å². The molecule has 2 aromatic heterocycles. The molecule has 0 saturated carbocycles. The van der Waals surface area contributed by atoms with Gasteiger partial charge in [-0.3, -0.25) is 4.79 Å². The highest BCUT2D eigenvalue weighted by Gasteiger charge is 2.09. The molecule has 0 atom stereocenters. The molecule has 0 unspecified atom stereocenters. The third-order valence-electron chi connectivity index (χ3n) is 4.13. The van der Waals surface area contributed by atoms with Gasteiger partial charge in [-0.25, -0.2) is 23.7 Å². The fourth-order valence-corrected chi connectivity index (χ4v) is 2.75. The van der Waals surface area contributed by atoms with Crippen molar-refractivity contribution in [2.75, 3.05) is 23.7 Å². The maximum Gasteiger partial charge on any atom is 0.224 e. The van der Waals surface area contributed by atoms with Gasteiger partial charge in [-0.05, 0) is 43.2 Å². The molecule has 1 aromatic carbocycles. The summed E-state index contributed by atoms with van der Waals surface area (Å²) in [5.41, 5.74) is 1.22. The van der Waals surface area contributed by atoms with Crippen LogP contribution in [0.4, 0.5) is 26.2 Å². The molecule has 3 aromatic rings. The zero-order valence-electron chi connectivity index (χ0n) is 16.7. The molecule has 0 bridgehead atoms. The first-order chi connectivity index (χ1) is 14.4. The van der Waals surface area contributed by atoms with Crippen LogP contribution in [0.2, 0.25) is 0 Å². The van der Waals surface area contributed by atoms with Crippen LogP contribution in [-0.2, 0) is 11.2 Å². The Morgan fingerprint density at radius 3 is 2.53 bits per heavy atom. The average Bonchev–Trinajstić information content (AvgIpc) is 2.67. The maximum atomic E-state index is 13.6. The van der Waals surface area contributed by atoms with Gasteiger partial charge in [0.05, 0.1) is 6.42 Å². The lowest BCUT2D eigenvalue weighted by Gasteiger charge is -2.11. The van der Waals surface area contributed by atoms with Gasteiger partial charge in [-0.2, -0.15) is 0 Å². The summed E-state index contributed by atoms with van der Waals surface area (Å²) in [6, 6.07) is 8.71. The molecule has 0 aliphatic rings. The van der Waals surface area contributed by atoms with E-state index >= 15 is 0 Å². The van der Waals surface area contributed by atoms with Crippen molar-refractivity contribution in [3.05, 3.63) is 71.2 Å². The Kier molecular flexibility index (Phi) is 6.84. The monoisotopic (exact) mass is 412 g/mol. The van der Waals surface area contributed by atoms with E-state index in [0.717, 1.165) is 17.7 Å². The number of aryl methyl sites for hydroxylation is 2. The molecule has 1 amide bonds. The number of benzene rings is 1. The third-order valence-corrected chi connectivity index (χ3v) is 4.13. The number of amides is 1. The Bertz CT molecular complexity index is 1040. The van der Waals surface area contributed by atoms with Crippen LogP contribution >= 0.6 is 0 Å². The molecular formula is C21H22F2N6O. The van der Waals surface area contributed by atoms with Crippen LogP contribution in [0.5, 0.6) is 0 Å². The molecule has 2 heterocycles. The second-order valence-corrected chi connectivity index (χ2v) is 6.72. The lowest BCUT2D eigenvalue weighted by atomic mass is 10.1. The number of nitrogens with zero attached hydrogens (tertiary/aromatic N) is 3. The first-order valence-corrected chi connectivity index (χ1v) is 9.39. The fourth-order valence-electron chi connectivity index (χ4n) is 2.75. The normalized spacial score (nSPS) is 10.5. The van der Waals surface area contributed by atoms with Crippen LogP contribution in [-0.4, -0.2) is 33.9 Å². The van der Waals surface area contributed by atoms with Crippen LogP contribution in [0.15, 0.2) is 42.6 Å². The van der Waals surface area contributed by atoms with E-state index in [9.17, 15) is 13.6 Å². The number of hydrogen-bond acceptors (Lipinski definition) is 6. The van der Waals surface area contributed by atoms with E-state index in [-0.39, 0.29) is 17.9 Å². The van der Waals surface area contributed by atoms with Crippen molar-refractivity contribution in [3.8, 4) is 0 Å². The topological polar surface area (TPSA) is 91.8 Å². The minimum atomic E-state index is -0.733. The standard InChI is InChI=1S/C21H22F2N6O/c1-13-5-6-24-18(9-13)29-20-12-19(27-14(2)28-20)25-7-8-26-21(30)10-15-3-4-16(22)11-17(15)23/h3-6,9,11-12H,7-8,10H2,1-2H3,(H,26,30)(H2,24,25,27,28,29). The highest BCUT2D eigenvalue weighted by atomic mass is 19.1. The van der Waals surface area contributed by atoms with Crippen molar-refractivity contribution < 1.29 is 13.6 Å². The molecule has 3 rings (SSSR count). The third kappa shape index (κ3) is 6.20. The number of pyridine rings is 1. The molecule has 0 spiro atoms. The van der Waals surface area contributed by atoms with E-state index in [0.29, 0.717) is 36.4 Å². The number of anilines is 3. The van der Waals surface area contributed by atoms with E-state index in [1.165, 1.54) is 6.07 Å². The van der Waals surface area contributed by atoms with E-state index in [1.807, 2.05) is 19.1 Å². The Morgan fingerprint density at radius 1 is 0.967 bits per heavy atom. The minimum absolute atomic E-state index is 0.147. The molecule has 3 N–H and O–H groups in total. The SMILES string of the molecule is Cc1ccnc(Nc2cc(NCCNC(=O)Cc3ccc(F)cc3F)nc(C)n2)c1. The van der Waals surface area contributed by atoms with Crippen LogP contribution in [0.3, 0.4) is 0 Å². The quantitative estimate of drug-likeness (QED) is 0.492. The number of rotatable bonds is 8. The summed E-state index contributed by atoms with van der Waals surface area (Å²) in [6.45, 7) is 4.48. The average molecular weight is 412 g/mol. The predicted octanol–water partition coefficient (Wildman–Crippen LogP) is 3.28.